The van der Waals surface area contributed by atoms with E-state index in [9.17, 15) is 9.59 Å². The molecule has 7 nitrogen and oxygen atoms in total. The van der Waals surface area contributed by atoms with Gasteiger partial charge in [0.05, 0.1) is 5.25 Å². The van der Waals surface area contributed by atoms with Gasteiger partial charge in [-0.15, -0.1) is 16.8 Å². The molecule has 1 atom stereocenters. The molecule has 1 aromatic carbocycles. The van der Waals surface area contributed by atoms with Crippen LogP contribution in [0.3, 0.4) is 0 Å². The monoisotopic (exact) mass is 393 g/mol. The number of rotatable bonds is 7. The van der Waals surface area contributed by atoms with Gasteiger partial charge in [0.25, 0.3) is 0 Å². The van der Waals surface area contributed by atoms with Gasteiger partial charge in [-0.25, -0.2) is 4.79 Å². The molecule has 0 unspecified atom stereocenters. The van der Waals surface area contributed by atoms with Gasteiger partial charge in [-0.2, -0.15) is 0 Å². The Labute approximate surface area is 161 Å². The third kappa shape index (κ3) is 5.09. The zero-order valence-corrected chi connectivity index (χ0v) is 16.1. The van der Waals surface area contributed by atoms with Crippen molar-refractivity contribution in [2.24, 2.45) is 0 Å². The van der Waals surface area contributed by atoms with Gasteiger partial charge < -0.3 is 5.32 Å². The number of hydrogen-bond acceptors (Lipinski definition) is 5. The predicted octanol–water partition coefficient (Wildman–Crippen LogP) is 3.11. The molecular formula is C17H20ClN5O2S. The molecule has 0 aliphatic rings. The number of carbonyl (C=O) groups excluding carboxylic acids is 2. The molecule has 0 bridgehead atoms. The van der Waals surface area contributed by atoms with E-state index in [0.717, 1.165) is 5.56 Å². The van der Waals surface area contributed by atoms with E-state index in [1.54, 1.807) is 32.1 Å². The normalized spacial score (nSPS) is 11.7. The van der Waals surface area contributed by atoms with Crippen LogP contribution in [-0.2, 0) is 11.3 Å². The van der Waals surface area contributed by atoms with Crippen molar-refractivity contribution in [3.05, 3.63) is 41.9 Å². The molecule has 0 saturated heterocycles. The van der Waals surface area contributed by atoms with Crippen LogP contribution in [0.1, 0.15) is 13.8 Å². The summed E-state index contributed by atoms with van der Waals surface area (Å²) in [5.74, 6) is 0.252. The quantitative estimate of drug-likeness (QED) is 0.557. The minimum absolute atomic E-state index is 0.401. The number of imide groups is 1. The smallest absolute Gasteiger partial charge is 0.321 e. The average Bonchev–Trinajstić information content (AvgIpc) is 2.98. The predicted molar refractivity (Wildman–Crippen MR) is 103 cm³/mol. The molecule has 1 aromatic heterocycles. The lowest BCUT2D eigenvalue weighted by atomic mass is 10.2. The van der Waals surface area contributed by atoms with Crippen molar-refractivity contribution in [1.29, 1.82) is 0 Å². The van der Waals surface area contributed by atoms with Crippen LogP contribution in [0.2, 0.25) is 5.02 Å². The largest absolute Gasteiger partial charge is 0.338 e. The van der Waals surface area contributed by atoms with Crippen molar-refractivity contribution >= 4 is 35.3 Å². The van der Waals surface area contributed by atoms with Crippen molar-refractivity contribution in [2.45, 2.75) is 30.8 Å². The number of benzene rings is 1. The van der Waals surface area contributed by atoms with Gasteiger partial charge in [0, 0.05) is 23.7 Å². The zero-order valence-electron chi connectivity index (χ0n) is 14.5. The van der Waals surface area contributed by atoms with Crippen LogP contribution >= 0.6 is 23.4 Å². The summed E-state index contributed by atoms with van der Waals surface area (Å²) in [7, 11) is 0. The summed E-state index contributed by atoms with van der Waals surface area (Å²) in [5.41, 5.74) is 0.857. The summed E-state index contributed by atoms with van der Waals surface area (Å²) in [5, 5.41) is 13.9. The Hall–Kier alpha value is -2.32. The topological polar surface area (TPSA) is 88.9 Å². The number of carbonyl (C=O) groups is 2. The molecule has 0 radical (unpaired) electrons. The average molecular weight is 394 g/mol. The molecule has 2 rings (SSSR count). The van der Waals surface area contributed by atoms with Crippen molar-refractivity contribution in [3.8, 4) is 11.4 Å². The number of halogens is 1. The van der Waals surface area contributed by atoms with E-state index in [1.807, 2.05) is 16.7 Å². The number of urea groups is 1. The first-order chi connectivity index (χ1) is 12.5. The second-order valence-electron chi connectivity index (χ2n) is 5.32. The number of nitrogens with one attached hydrogen (secondary N) is 2. The number of nitrogens with zero attached hydrogens (tertiary/aromatic N) is 3. The maximum Gasteiger partial charge on any atom is 0.321 e. The first-order valence-electron chi connectivity index (χ1n) is 8.01. The van der Waals surface area contributed by atoms with Crippen LogP contribution in [-0.4, -0.2) is 38.5 Å². The number of hydrogen-bond donors (Lipinski definition) is 2. The summed E-state index contributed by atoms with van der Waals surface area (Å²) in [6.45, 7) is 8.17. The maximum absolute atomic E-state index is 12.1. The summed E-state index contributed by atoms with van der Waals surface area (Å²) in [6.07, 6.45) is 1.73. The molecule has 0 fully saturated rings. The lowest BCUT2D eigenvalue weighted by Gasteiger charge is -2.12. The first kappa shape index (κ1) is 20.0. The molecule has 0 aliphatic heterocycles. The van der Waals surface area contributed by atoms with Gasteiger partial charge in [0.15, 0.2) is 11.0 Å². The fourth-order valence-corrected chi connectivity index (χ4v) is 3.10. The molecule has 2 N–H and O–H groups in total. The minimum Gasteiger partial charge on any atom is -0.338 e. The maximum atomic E-state index is 12.1. The Bertz CT molecular complexity index is 791. The van der Waals surface area contributed by atoms with E-state index >= 15 is 0 Å². The first-order valence-corrected chi connectivity index (χ1v) is 9.27. The number of allylic oxidation sites excluding steroid dienone is 1. The molecule has 3 amide bonds. The number of aromatic nitrogens is 3. The van der Waals surface area contributed by atoms with Crippen molar-refractivity contribution < 1.29 is 9.59 Å². The Morgan fingerprint density at radius 3 is 2.65 bits per heavy atom. The second-order valence-corrected chi connectivity index (χ2v) is 7.07. The number of amides is 3. The highest BCUT2D eigenvalue weighted by atomic mass is 35.5. The standard InChI is InChI=1S/C17H20ClN5O2S/c1-4-10-23-14(12-6-8-13(18)9-7-12)21-22-17(23)26-11(3)15(24)20-16(25)19-5-2/h4,6-9,11H,1,5,10H2,2-3H3,(H2,19,20,24,25)/t11-/m0/s1. The van der Waals surface area contributed by atoms with E-state index in [1.165, 1.54) is 11.8 Å². The molecule has 9 heteroatoms. The van der Waals surface area contributed by atoms with Gasteiger partial charge in [-0.1, -0.05) is 29.4 Å². The highest BCUT2D eigenvalue weighted by Crippen LogP contribution is 2.27. The Balaban J connectivity index is 2.18. The van der Waals surface area contributed by atoms with Crippen LogP contribution in [0, 0.1) is 0 Å². The fourth-order valence-electron chi connectivity index (χ4n) is 2.11. The molecule has 1 heterocycles. The molecule has 138 valence electrons. The lowest BCUT2D eigenvalue weighted by Crippen LogP contribution is -2.42. The molecule has 2 aromatic rings. The van der Waals surface area contributed by atoms with E-state index < -0.39 is 17.2 Å². The van der Waals surface area contributed by atoms with Crippen molar-refractivity contribution in [3.63, 3.8) is 0 Å². The van der Waals surface area contributed by atoms with Gasteiger partial charge in [-0.05, 0) is 38.1 Å². The lowest BCUT2D eigenvalue weighted by molar-refractivity contribution is -0.119. The number of thioether (sulfide) groups is 1. The van der Waals surface area contributed by atoms with Crippen LogP contribution < -0.4 is 10.6 Å². The van der Waals surface area contributed by atoms with E-state index in [4.69, 9.17) is 11.6 Å². The van der Waals surface area contributed by atoms with Gasteiger partial charge >= 0.3 is 6.03 Å². The molecule has 0 aliphatic carbocycles. The Kier molecular flexibility index (Phi) is 7.23. The molecule has 26 heavy (non-hydrogen) atoms. The van der Waals surface area contributed by atoms with Gasteiger partial charge in [-0.3, -0.25) is 14.7 Å². The minimum atomic E-state index is -0.525. The zero-order chi connectivity index (χ0) is 19.1. The summed E-state index contributed by atoms with van der Waals surface area (Å²) in [4.78, 5) is 23.6. The van der Waals surface area contributed by atoms with Gasteiger partial charge in [0.2, 0.25) is 5.91 Å². The summed E-state index contributed by atoms with van der Waals surface area (Å²) >= 11 is 7.15. The SMILES string of the molecule is C=CCn1c(S[C@@H](C)C(=O)NC(=O)NCC)nnc1-c1ccc(Cl)cc1. The Morgan fingerprint density at radius 2 is 2.04 bits per heavy atom. The molecule has 0 saturated carbocycles. The summed E-state index contributed by atoms with van der Waals surface area (Å²) < 4.78 is 1.86. The molecular weight excluding hydrogens is 374 g/mol. The van der Waals surface area contributed by atoms with Crippen LogP contribution in [0.5, 0.6) is 0 Å². The van der Waals surface area contributed by atoms with Crippen LogP contribution in [0.25, 0.3) is 11.4 Å². The van der Waals surface area contributed by atoms with Crippen molar-refractivity contribution in [1.82, 2.24) is 25.4 Å². The third-order valence-corrected chi connectivity index (χ3v) is 4.69. The van der Waals surface area contributed by atoms with Gasteiger partial charge in [0.1, 0.15) is 0 Å². The van der Waals surface area contributed by atoms with Crippen molar-refractivity contribution in [2.75, 3.05) is 6.54 Å². The Morgan fingerprint density at radius 1 is 1.35 bits per heavy atom. The van der Waals surface area contributed by atoms with Crippen LogP contribution in [0.15, 0.2) is 42.1 Å². The third-order valence-electron chi connectivity index (χ3n) is 3.36. The summed E-state index contributed by atoms with van der Waals surface area (Å²) in [6, 6.07) is 6.74. The van der Waals surface area contributed by atoms with E-state index in [0.29, 0.717) is 29.1 Å². The second kappa shape index (κ2) is 9.40. The van der Waals surface area contributed by atoms with E-state index in [-0.39, 0.29) is 0 Å². The van der Waals surface area contributed by atoms with Crippen LogP contribution in [0.4, 0.5) is 4.79 Å². The van der Waals surface area contributed by atoms with E-state index in [2.05, 4.69) is 27.4 Å². The fraction of sp³-hybridized carbons (Fsp3) is 0.294. The highest BCUT2D eigenvalue weighted by Gasteiger charge is 2.21. The highest BCUT2D eigenvalue weighted by molar-refractivity contribution is 8.00. The molecule has 0 spiro atoms.